The summed E-state index contributed by atoms with van der Waals surface area (Å²) in [6.45, 7) is 3.78. The number of ether oxygens (including phenoxy) is 3. The van der Waals surface area contributed by atoms with Crippen molar-refractivity contribution in [3.05, 3.63) is 47.8 Å². The average molecular weight is 417 g/mol. The van der Waals surface area contributed by atoms with Crippen LogP contribution in [0.25, 0.3) is 0 Å². The fourth-order valence-electron chi connectivity index (χ4n) is 3.50. The SMILES string of the molecule is COc1cc(OC)c(OC)cc1CNC(=O)CN1CCN(c2ccc(F)cc2)CC1. The topological polar surface area (TPSA) is 63.3 Å². The molecule has 1 saturated heterocycles. The summed E-state index contributed by atoms with van der Waals surface area (Å²) in [7, 11) is 4.71. The van der Waals surface area contributed by atoms with E-state index in [-0.39, 0.29) is 11.7 Å². The van der Waals surface area contributed by atoms with Crippen LogP contribution in [0.2, 0.25) is 0 Å². The molecule has 2 aromatic carbocycles. The Morgan fingerprint density at radius 3 is 2.13 bits per heavy atom. The monoisotopic (exact) mass is 417 g/mol. The predicted octanol–water partition coefficient (Wildman–Crippen LogP) is 2.29. The van der Waals surface area contributed by atoms with E-state index in [0.717, 1.165) is 37.4 Å². The second-order valence-electron chi connectivity index (χ2n) is 7.04. The number of anilines is 1. The second kappa shape index (κ2) is 10.2. The van der Waals surface area contributed by atoms with E-state index in [4.69, 9.17) is 14.2 Å². The number of rotatable bonds is 8. The van der Waals surface area contributed by atoms with E-state index in [1.807, 2.05) is 0 Å². The van der Waals surface area contributed by atoms with Gasteiger partial charge in [-0.2, -0.15) is 0 Å². The summed E-state index contributed by atoms with van der Waals surface area (Å²) < 4.78 is 29.1. The van der Waals surface area contributed by atoms with E-state index in [1.165, 1.54) is 12.1 Å². The van der Waals surface area contributed by atoms with Crippen LogP contribution in [0, 0.1) is 5.82 Å². The standard InChI is InChI=1S/C22H28FN3O4/c1-28-19-13-21(30-3)20(29-2)12-16(19)14-24-22(27)15-25-8-10-26(11-9-25)18-6-4-17(23)5-7-18/h4-7,12-13H,8-11,14-15H2,1-3H3,(H,24,27). The van der Waals surface area contributed by atoms with Crippen LogP contribution >= 0.6 is 0 Å². The summed E-state index contributed by atoms with van der Waals surface area (Å²) in [6, 6.07) is 10.1. The minimum Gasteiger partial charge on any atom is -0.496 e. The molecule has 1 N–H and O–H groups in total. The molecule has 1 aliphatic rings. The maximum Gasteiger partial charge on any atom is 0.234 e. The first-order valence-corrected chi connectivity index (χ1v) is 9.82. The Labute approximate surface area is 176 Å². The van der Waals surface area contributed by atoms with Crippen molar-refractivity contribution in [3.63, 3.8) is 0 Å². The predicted molar refractivity (Wildman–Crippen MR) is 113 cm³/mol. The molecule has 0 aromatic heterocycles. The summed E-state index contributed by atoms with van der Waals surface area (Å²) in [6.07, 6.45) is 0. The minimum atomic E-state index is -0.236. The smallest absolute Gasteiger partial charge is 0.234 e. The Kier molecular flexibility index (Phi) is 7.35. The zero-order valence-corrected chi connectivity index (χ0v) is 17.6. The van der Waals surface area contributed by atoms with Crippen LogP contribution < -0.4 is 24.4 Å². The van der Waals surface area contributed by atoms with E-state index < -0.39 is 0 Å². The van der Waals surface area contributed by atoms with Crippen molar-refractivity contribution < 1.29 is 23.4 Å². The number of methoxy groups -OCH3 is 3. The van der Waals surface area contributed by atoms with Gasteiger partial charge in [-0.15, -0.1) is 0 Å². The largest absolute Gasteiger partial charge is 0.496 e. The first-order valence-electron chi connectivity index (χ1n) is 9.82. The first-order chi connectivity index (χ1) is 14.5. The van der Waals surface area contributed by atoms with Gasteiger partial charge < -0.3 is 24.4 Å². The Morgan fingerprint density at radius 2 is 1.53 bits per heavy atom. The molecule has 1 aliphatic heterocycles. The molecule has 1 fully saturated rings. The van der Waals surface area contributed by atoms with Gasteiger partial charge in [0.05, 0.1) is 27.9 Å². The fraction of sp³-hybridized carbons (Fsp3) is 0.409. The average Bonchev–Trinajstić information content (AvgIpc) is 2.78. The molecule has 0 spiro atoms. The number of piperazine rings is 1. The van der Waals surface area contributed by atoms with Crippen LogP contribution in [0.15, 0.2) is 36.4 Å². The lowest BCUT2D eigenvalue weighted by Crippen LogP contribution is -2.49. The molecule has 0 saturated carbocycles. The highest BCUT2D eigenvalue weighted by atomic mass is 19.1. The number of hydrogen-bond donors (Lipinski definition) is 1. The van der Waals surface area contributed by atoms with Crippen molar-refractivity contribution in [2.45, 2.75) is 6.54 Å². The Morgan fingerprint density at radius 1 is 0.933 bits per heavy atom. The number of hydrogen-bond acceptors (Lipinski definition) is 6. The van der Waals surface area contributed by atoms with Gasteiger partial charge in [0.15, 0.2) is 11.5 Å². The Balaban J connectivity index is 1.50. The fourth-order valence-corrected chi connectivity index (χ4v) is 3.50. The molecule has 2 aromatic rings. The number of nitrogens with zero attached hydrogens (tertiary/aromatic N) is 2. The quantitative estimate of drug-likeness (QED) is 0.711. The van der Waals surface area contributed by atoms with Gasteiger partial charge in [-0.25, -0.2) is 4.39 Å². The maximum atomic E-state index is 13.1. The summed E-state index contributed by atoms with van der Waals surface area (Å²) >= 11 is 0. The highest BCUT2D eigenvalue weighted by molar-refractivity contribution is 5.78. The molecule has 0 atom stereocenters. The lowest BCUT2D eigenvalue weighted by Gasteiger charge is -2.35. The molecule has 0 radical (unpaired) electrons. The minimum absolute atomic E-state index is 0.0536. The van der Waals surface area contributed by atoms with Gasteiger partial charge in [0.25, 0.3) is 0 Å². The molecule has 8 heteroatoms. The summed E-state index contributed by atoms with van der Waals surface area (Å²) in [5, 5.41) is 2.95. The zero-order valence-electron chi connectivity index (χ0n) is 17.6. The number of carbonyl (C=O) groups excluding carboxylic acids is 1. The number of halogens is 1. The molecular weight excluding hydrogens is 389 g/mol. The summed E-state index contributed by atoms with van der Waals surface area (Å²) in [5.41, 5.74) is 1.81. The van der Waals surface area contributed by atoms with Gasteiger partial charge in [-0.1, -0.05) is 0 Å². The lowest BCUT2D eigenvalue weighted by atomic mass is 10.1. The Hall–Kier alpha value is -3.00. The van der Waals surface area contributed by atoms with Crippen molar-refractivity contribution in [2.75, 3.05) is 59.0 Å². The first kappa shape index (κ1) is 21.7. The molecule has 0 bridgehead atoms. The van der Waals surface area contributed by atoms with Crippen LogP contribution in [0.5, 0.6) is 17.2 Å². The van der Waals surface area contributed by atoms with E-state index in [0.29, 0.717) is 30.3 Å². The van der Waals surface area contributed by atoms with Gasteiger partial charge in [-0.3, -0.25) is 9.69 Å². The highest BCUT2D eigenvalue weighted by Gasteiger charge is 2.20. The molecule has 3 rings (SSSR count). The van der Waals surface area contributed by atoms with Crippen LogP contribution in [0.1, 0.15) is 5.56 Å². The molecule has 1 amide bonds. The van der Waals surface area contributed by atoms with Crippen LogP contribution in [-0.4, -0.2) is 64.9 Å². The van der Waals surface area contributed by atoms with Gasteiger partial charge in [0, 0.05) is 50.0 Å². The molecule has 162 valence electrons. The molecular formula is C22H28FN3O4. The van der Waals surface area contributed by atoms with E-state index in [2.05, 4.69) is 15.1 Å². The van der Waals surface area contributed by atoms with Crippen LogP contribution in [0.4, 0.5) is 10.1 Å². The molecule has 0 aliphatic carbocycles. The third-order valence-electron chi connectivity index (χ3n) is 5.19. The van der Waals surface area contributed by atoms with Crippen molar-refractivity contribution in [2.24, 2.45) is 0 Å². The number of benzene rings is 2. The molecule has 7 nitrogen and oxygen atoms in total. The van der Waals surface area contributed by atoms with Gasteiger partial charge in [0.2, 0.25) is 5.91 Å². The van der Waals surface area contributed by atoms with E-state index in [9.17, 15) is 9.18 Å². The third kappa shape index (κ3) is 5.33. The second-order valence-corrected chi connectivity index (χ2v) is 7.04. The van der Waals surface area contributed by atoms with Crippen molar-refractivity contribution in [1.82, 2.24) is 10.2 Å². The van der Waals surface area contributed by atoms with Crippen molar-refractivity contribution >= 4 is 11.6 Å². The summed E-state index contributed by atoms with van der Waals surface area (Å²) in [5.74, 6) is 1.49. The maximum absolute atomic E-state index is 13.1. The molecule has 0 unspecified atom stereocenters. The van der Waals surface area contributed by atoms with Crippen molar-refractivity contribution in [1.29, 1.82) is 0 Å². The highest BCUT2D eigenvalue weighted by Crippen LogP contribution is 2.34. The number of carbonyl (C=O) groups is 1. The molecule has 1 heterocycles. The zero-order chi connectivity index (χ0) is 21.5. The van der Waals surface area contributed by atoms with Gasteiger partial charge in [-0.05, 0) is 30.3 Å². The number of amides is 1. The Bertz CT molecular complexity index is 852. The van der Waals surface area contributed by atoms with Gasteiger partial charge in [0.1, 0.15) is 11.6 Å². The van der Waals surface area contributed by atoms with Crippen LogP contribution in [0.3, 0.4) is 0 Å². The lowest BCUT2D eigenvalue weighted by molar-refractivity contribution is -0.122. The van der Waals surface area contributed by atoms with Gasteiger partial charge >= 0.3 is 0 Å². The molecule has 30 heavy (non-hydrogen) atoms. The normalized spacial score (nSPS) is 14.3. The van der Waals surface area contributed by atoms with E-state index in [1.54, 1.807) is 45.6 Å². The van der Waals surface area contributed by atoms with Crippen LogP contribution in [-0.2, 0) is 11.3 Å². The summed E-state index contributed by atoms with van der Waals surface area (Å²) in [4.78, 5) is 16.8. The van der Waals surface area contributed by atoms with Crippen molar-refractivity contribution in [3.8, 4) is 17.2 Å². The number of nitrogens with one attached hydrogen (secondary N) is 1. The van der Waals surface area contributed by atoms with E-state index >= 15 is 0 Å². The third-order valence-corrected chi connectivity index (χ3v) is 5.19.